The van der Waals surface area contributed by atoms with E-state index in [1.807, 2.05) is 11.3 Å². The number of thiophene rings is 1. The average molecular weight is 223 g/mol. The molecule has 0 radical (unpaired) electrons. The van der Waals surface area contributed by atoms with Gasteiger partial charge < -0.3 is 5.32 Å². The van der Waals surface area contributed by atoms with Gasteiger partial charge in [-0.25, -0.2) is 0 Å². The molecule has 1 nitrogen and oxygen atoms in total. The molecule has 3 atom stereocenters. The first-order chi connectivity index (χ1) is 7.26. The Hall–Kier alpha value is -0.340. The van der Waals surface area contributed by atoms with Gasteiger partial charge >= 0.3 is 0 Å². The summed E-state index contributed by atoms with van der Waals surface area (Å²) in [6.45, 7) is 7.88. The third-order valence-corrected chi connectivity index (χ3v) is 4.67. The molecule has 1 saturated carbocycles. The molecule has 2 rings (SSSR count). The van der Waals surface area contributed by atoms with Crippen LogP contribution < -0.4 is 5.32 Å². The van der Waals surface area contributed by atoms with Crippen molar-refractivity contribution in [2.45, 2.75) is 39.7 Å². The van der Waals surface area contributed by atoms with Crippen LogP contribution >= 0.6 is 11.3 Å². The van der Waals surface area contributed by atoms with Crippen molar-refractivity contribution < 1.29 is 0 Å². The second-order valence-electron chi connectivity index (χ2n) is 4.57. The largest absolute Gasteiger partial charge is 0.309 e. The number of hydrogen-bond donors (Lipinski definition) is 1. The molecule has 1 heterocycles. The Morgan fingerprint density at radius 2 is 2.20 bits per heavy atom. The summed E-state index contributed by atoms with van der Waals surface area (Å²) < 4.78 is 0. The molecule has 1 N–H and O–H groups in total. The third kappa shape index (κ3) is 2.43. The maximum Gasteiger partial charge on any atom is 0.0446 e. The zero-order valence-corrected chi connectivity index (χ0v) is 10.7. The number of hydrogen-bond acceptors (Lipinski definition) is 2. The minimum Gasteiger partial charge on any atom is -0.309 e. The van der Waals surface area contributed by atoms with Gasteiger partial charge in [-0.05, 0) is 43.4 Å². The van der Waals surface area contributed by atoms with Crippen LogP contribution in [-0.2, 0) is 6.42 Å². The van der Waals surface area contributed by atoms with Gasteiger partial charge in [0.15, 0.2) is 0 Å². The van der Waals surface area contributed by atoms with E-state index < -0.39 is 0 Å². The summed E-state index contributed by atoms with van der Waals surface area (Å²) in [6.07, 6.45) is 2.57. The molecular weight excluding hydrogens is 202 g/mol. The van der Waals surface area contributed by atoms with Crippen LogP contribution in [0.1, 0.15) is 43.0 Å². The van der Waals surface area contributed by atoms with E-state index in [1.165, 1.54) is 17.7 Å². The van der Waals surface area contributed by atoms with Crippen molar-refractivity contribution in [3.8, 4) is 0 Å². The zero-order valence-electron chi connectivity index (χ0n) is 9.92. The fraction of sp³-hybridized carbons (Fsp3) is 0.692. The summed E-state index contributed by atoms with van der Waals surface area (Å²) in [4.78, 5) is 3.06. The van der Waals surface area contributed by atoms with Crippen LogP contribution in [0.2, 0.25) is 0 Å². The highest BCUT2D eigenvalue weighted by Gasteiger charge is 2.40. The number of rotatable bonds is 5. The standard InChI is InChI=1S/C13H21NS/c1-4-10-6-7-12(15-10)13(14-5-2)11-8-9(11)3/h6-7,9,11,13-14H,4-5,8H2,1-3H3. The maximum absolute atomic E-state index is 3.64. The first-order valence-corrected chi connectivity index (χ1v) is 6.89. The Morgan fingerprint density at radius 3 is 2.67 bits per heavy atom. The summed E-state index contributed by atoms with van der Waals surface area (Å²) in [5, 5.41) is 3.64. The average Bonchev–Trinajstić information content (AvgIpc) is 2.80. The van der Waals surface area contributed by atoms with E-state index in [0.717, 1.165) is 18.4 Å². The van der Waals surface area contributed by atoms with Crippen LogP contribution in [0, 0.1) is 11.8 Å². The van der Waals surface area contributed by atoms with E-state index in [4.69, 9.17) is 0 Å². The van der Waals surface area contributed by atoms with Crippen LogP contribution in [-0.4, -0.2) is 6.54 Å². The molecule has 84 valence electrons. The summed E-state index contributed by atoms with van der Waals surface area (Å²) in [5.74, 6) is 1.80. The second-order valence-corrected chi connectivity index (χ2v) is 5.77. The molecule has 0 spiro atoms. The Balaban J connectivity index is 2.09. The lowest BCUT2D eigenvalue weighted by molar-refractivity contribution is 0.483. The van der Waals surface area contributed by atoms with Crippen molar-refractivity contribution in [2.75, 3.05) is 6.54 Å². The lowest BCUT2D eigenvalue weighted by Gasteiger charge is -2.15. The molecule has 0 amide bonds. The van der Waals surface area contributed by atoms with E-state index in [-0.39, 0.29) is 0 Å². The highest BCUT2D eigenvalue weighted by Crippen LogP contribution is 2.48. The van der Waals surface area contributed by atoms with Crippen molar-refractivity contribution >= 4 is 11.3 Å². The van der Waals surface area contributed by atoms with Gasteiger partial charge in [0, 0.05) is 15.8 Å². The summed E-state index contributed by atoms with van der Waals surface area (Å²) in [6, 6.07) is 5.23. The molecule has 0 aromatic carbocycles. The van der Waals surface area contributed by atoms with Crippen LogP contribution in [0.25, 0.3) is 0 Å². The summed E-state index contributed by atoms with van der Waals surface area (Å²) in [7, 11) is 0. The molecular formula is C13H21NS. The molecule has 1 aliphatic carbocycles. The highest BCUT2D eigenvalue weighted by atomic mass is 32.1. The van der Waals surface area contributed by atoms with Crippen LogP contribution in [0.3, 0.4) is 0 Å². The third-order valence-electron chi connectivity index (χ3n) is 3.36. The SMILES string of the molecule is CCNC(c1ccc(CC)s1)C1CC1C. The van der Waals surface area contributed by atoms with Gasteiger partial charge in [0.05, 0.1) is 0 Å². The number of nitrogens with one attached hydrogen (secondary N) is 1. The Labute approximate surface area is 96.9 Å². The molecule has 2 heteroatoms. The molecule has 15 heavy (non-hydrogen) atoms. The van der Waals surface area contributed by atoms with E-state index in [1.54, 1.807) is 4.88 Å². The van der Waals surface area contributed by atoms with E-state index in [9.17, 15) is 0 Å². The lowest BCUT2D eigenvalue weighted by Crippen LogP contribution is -2.22. The van der Waals surface area contributed by atoms with Crippen molar-refractivity contribution in [1.82, 2.24) is 5.32 Å². The van der Waals surface area contributed by atoms with Crippen molar-refractivity contribution in [3.63, 3.8) is 0 Å². The van der Waals surface area contributed by atoms with Gasteiger partial charge in [0.2, 0.25) is 0 Å². The zero-order chi connectivity index (χ0) is 10.8. The monoisotopic (exact) mass is 223 g/mol. The van der Waals surface area contributed by atoms with Gasteiger partial charge in [0.25, 0.3) is 0 Å². The summed E-state index contributed by atoms with van der Waals surface area (Å²) >= 11 is 1.99. The molecule has 1 fully saturated rings. The topological polar surface area (TPSA) is 12.0 Å². The molecule has 1 aliphatic rings. The Morgan fingerprint density at radius 1 is 1.47 bits per heavy atom. The van der Waals surface area contributed by atoms with E-state index >= 15 is 0 Å². The smallest absolute Gasteiger partial charge is 0.0446 e. The Kier molecular flexibility index (Phi) is 3.47. The van der Waals surface area contributed by atoms with Gasteiger partial charge in [-0.15, -0.1) is 11.3 Å². The quantitative estimate of drug-likeness (QED) is 0.804. The molecule has 0 aliphatic heterocycles. The lowest BCUT2D eigenvalue weighted by atomic mass is 10.1. The van der Waals surface area contributed by atoms with Gasteiger partial charge in [0.1, 0.15) is 0 Å². The predicted octanol–water partition coefficient (Wildman–Crippen LogP) is 3.62. The minimum atomic E-state index is 0.621. The Bertz CT molecular complexity index is 318. The fourth-order valence-corrected chi connectivity index (χ4v) is 3.35. The van der Waals surface area contributed by atoms with Crippen LogP contribution in [0.5, 0.6) is 0 Å². The molecule has 0 bridgehead atoms. The second kappa shape index (κ2) is 4.67. The molecule has 3 unspecified atom stereocenters. The van der Waals surface area contributed by atoms with Crippen molar-refractivity contribution in [1.29, 1.82) is 0 Å². The minimum absolute atomic E-state index is 0.621. The van der Waals surface area contributed by atoms with Gasteiger partial charge in [-0.2, -0.15) is 0 Å². The van der Waals surface area contributed by atoms with Crippen molar-refractivity contribution in [3.05, 3.63) is 21.9 Å². The molecule has 0 saturated heterocycles. The van der Waals surface area contributed by atoms with E-state index in [2.05, 4.69) is 38.2 Å². The first kappa shape index (κ1) is 11.2. The molecule has 1 aromatic heterocycles. The normalized spacial score (nSPS) is 26.6. The van der Waals surface area contributed by atoms with Gasteiger partial charge in [-0.1, -0.05) is 20.8 Å². The van der Waals surface area contributed by atoms with Crippen LogP contribution in [0.4, 0.5) is 0 Å². The maximum atomic E-state index is 3.64. The van der Waals surface area contributed by atoms with Gasteiger partial charge in [-0.3, -0.25) is 0 Å². The molecule has 1 aromatic rings. The predicted molar refractivity (Wildman–Crippen MR) is 67.4 cm³/mol. The van der Waals surface area contributed by atoms with Crippen LogP contribution in [0.15, 0.2) is 12.1 Å². The summed E-state index contributed by atoms with van der Waals surface area (Å²) in [5.41, 5.74) is 0. The fourth-order valence-electron chi connectivity index (χ4n) is 2.25. The van der Waals surface area contributed by atoms with Crippen molar-refractivity contribution in [2.24, 2.45) is 11.8 Å². The number of aryl methyl sites for hydroxylation is 1. The first-order valence-electron chi connectivity index (χ1n) is 6.08. The highest BCUT2D eigenvalue weighted by molar-refractivity contribution is 7.12. The van der Waals surface area contributed by atoms with E-state index in [0.29, 0.717) is 6.04 Å².